The lowest BCUT2D eigenvalue weighted by Crippen LogP contribution is -2.00. The third-order valence-electron chi connectivity index (χ3n) is 2.02. The van der Waals surface area contributed by atoms with Gasteiger partial charge in [-0.2, -0.15) is 0 Å². The second-order valence-corrected chi connectivity index (χ2v) is 3.26. The molecule has 13 heavy (non-hydrogen) atoms. The van der Waals surface area contributed by atoms with Crippen LogP contribution in [0, 0.1) is 0 Å². The molecule has 1 rings (SSSR count). The van der Waals surface area contributed by atoms with Gasteiger partial charge in [-0.15, -0.1) is 0 Å². The summed E-state index contributed by atoms with van der Waals surface area (Å²) in [6, 6.07) is 7.87. The van der Waals surface area contributed by atoms with Gasteiger partial charge >= 0.3 is 0 Å². The Balaban J connectivity index is 2.25. The first-order valence-electron chi connectivity index (χ1n) is 4.92. The smallest absolute Gasteiger partial charge is 0.0341 e. The predicted octanol–water partition coefficient (Wildman–Crippen LogP) is 2.87. The van der Waals surface area contributed by atoms with E-state index in [1.54, 1.807) is 0 Å². The molecule has 1 aromatic rings. The molecule has 0 fully saturated rings. The van der Waals surface area contributed by atoms with E-state index >= 15 is 0 Å². The van der Waals surface area contributed by atoms with E-state index in [4.69, 9.17) is 5.73 Å². The van der Waals surface area contributed by atoms with Crippen molar-refractivity contribution in [3.8, 4) is 0 Å². The third kappa shape index (κ3) is 3.83. The Kier molecular flexibility index (Phi) is 4.16. The molecule has 0 bridgehead atoms. The molecule has 2 heteroatoms. The van der Waals surface area contributed by atoms with E-state index in [0.717, 1.165) is 17.9 Å². The van der Waals surface area contributed by atoms with Crippen molar-refractivity contribution >= 4 is 11.4 Å². The fraction of sp³-hybridized carbons (Fsp3) is 0.455. The topological polar surface area (TPSA) is 38.0 Å². The van der Waals surface area contributed by atoms with Gasteiger partial charge in [0.15, 0.2) is 0 Å². The van der Waals surface area contributed by atoms with Crippen LogP contribution in [-0.2, 0) is 0 Å². The fourth-order valence-corrected chi connectivity index (χ4v) is 1.21. The van der Waals surface area contributed by atoms with Crippen LogP contribution in [-0.4, -0.2) is 6.54 Å². The summed E-state index contributed by atoms with van der Waals surface area (Å²) in [7, 11) is 0. The van der Waals surface area contributed by atoms with Gasteiger partial charge in [0.2, 0.25) is 0 Å². The number of nitrogens with two attached hydrogens (primary N) is 1. The molecule has 0 amide bonds. The van der Waals surface area contributed by atoms with Gasteiger partial charge in [0.1, 0.15) is 0 Å². The molecule has 0 saturated heterocycles. The van der Waals surface area contributed by atoms with Gasteiger partial charge in [-0.3, -0.25) is 0 Å². The molecule has 0 spiro atoms. The van der Waals surface area contributed by atoms with Crippen molar-refractivity contribution in [3.63, 3.8) is 0 Å². The average Bonchev–Trinajstić information content (AvgIpc) is 2.15. The first kappa shape index (κ1) is 9.90. The Hall–Kier alpha value is -1.18. The minimum Gasteiger partial charge on any atom is -0.399 e. The molecular formula is C11H18N2. The summed E-state index contributed by atoms with van der Waals surface area (Å²) < 4.78 is 0. The molecule has 0 unspecified atom stereocenters. The fourth-order valence-electron chi connectivity index (χ4n) is 1.21. The van der Waals surface area contributed by atoms with Gasteiger partial charge in [-0.05, 0) is 30.7 Å². The quantitative estimate of drug-likeness (QED) is 0.537. The molecule has 3 N–H and O–H groups in total. The summed E-state index contributed by atoms with van der Waals surface area (Å²) in [6.45, 7) is 3.26. The number of hydrogen-bond acceptors (Lipinski definition) is 2. The van der Waals surface area contributed by atoms with Crippen LogP contribution >= 0.6 is 0 Å². The molecule has 0 aliphatic heterocycles. The summed E-state index contributed by atoms with van der Waals surface area (Å²) in [6.07, 6.45) is 3.80. The molecule has 0 atom stereocenters. The summed E-state index contributed by atoms with van der Waals surface area (Å²) in [4.78, 5) is 0. The maximum absolute atomic E-state index is 5.58. The lowest BCUT2D eigenvalue weighted by Gasteiger charge is -2.05. The lowest BCUT2D eigenvalue weighted by atomic mass is 10.2. The number of anilines is 2. The number of rotatable bonds is 5. The number of nitrogens with one attached hydrogen (secondary N) is 1. The van der Waals surface area contributed by atoms with Crippen LogP contribution in [0.2, 0.25) is 0 Å². The highest BCUT2D eigenvalue weighted by molar-refractivity contribution is 5.50. The first-order valence-corrected chi connectivity index (χ1v) is 4.92. The number of nitrogen functional groups attached to an aromatic ring is 1. The van der Waals surface area contributed by atoms with E-state index < -0.39 is 0 Å². The van der Waals surface area contributed by atoms with E-state index in [1.807, 2.05) is 24.3 Å². The van der Waals surface area contributed by atoms with E-state index in [1.165, 1.54) is 19.3 Å². The number of hydrogen-bond donors (Lipinski definition) is 2. The number of benzene rings is 1. The Morgan fingerprint density at radius 3 is 2.46 bits per heavy atom. The molecule has 0 heterocycles. The second kappa shape index (κ2) is 5.46. The highest BCUT2D eigenvalue weighted by Gasteiger charge is 1.90. The zero-order chi connectivity index (χ0) is 9.52. The molecule has 72 valence electrons. The van der Waals surface area contributed by atoms with Gasteiger partial charge < -0.3 is 11.1 Å². The Morgan fingerprint density at radius 2 is 1.85 bits per heavy atom. The van der Waals surface area contributed by atoms with Crippen molar-refractivity contribution in [2.45, 2.75) is 26.2 Å². The minimum absolute atomic E-state index is 0.819. The predicted molar refractivity (Wildman–Crippen MR) is 58.9 cm³/mol. The molecule has 0 radical (unpaired) electrons. The second-order valence-electron chi connectivity index (χ2n) is 3.26. The van der Waals surface area contributed by atoms with Crippen LogP contribution in [0.4, 0.5) is 11.4 Å². The van der Waals surface area contributed by atoms with Crippen molar-refractivity contribution < 1.29 is 0 Å². The van der Waals surface area contributed by atoms with Gasteiger partial charge in [0.05, 0.1) is 0 Å². The first-order chi connectivity index (χ1) is 6.33. The van der Waals surface area contributed by atoms with E-state index in [0.29, 0.717) is 0 Å². The van der Waals surface area contributed by atoms with Crippen LogP contribution in [0.25, 0.3) is 0 Å². The van der Waals surface area contributed by atoms with Gasteiger partial charge in [-0.1, -0.05) is 19.8 Å². The van der Waals surface area contributed by atoms with E-state index in [-0.39, 0.29) is 0 Å². The minimum atomic E-state index is 0.819. The van der Waals surface area contributed by atoms with Crippen molar-refractivity contribution in [1.82, 2.24) is 0 Å². The number of unbranched alkanes of at least 4 members (excludes halogenated alkanes) is 2. The Morgan fingerprint density at radius 1 is 1.15 bits per heavy atom. The van der Waals surface area contributed by atoms with Crippen molar-refractivity contribution in [2.75, 3.05) is 17.6 Å². The third-order valence-corrected chi connectivity index (χ3v) is 2.02. The summed E-state index contributed by atoms with van der Waals surface area (Å²) in [5.74, 6) is 0. The highest BCUT2D eigenvalue weighted by atomic mass is 14.9. The van der Waals surface area contributed by atoms with E-state index in [2.05, 4.69) is 12.2 Å². The molecule has 0 aliphatic rings. The van der Waals surface area contributed by atoms with Gasteiger partial charge in [0, 0.05) is 17.9 Å². The van der Waals surface area contributed by atoms with Crippen LogP contribution in [0.5, 0.6) is 0 Å². The zero-order valence-corrected chi connectivity index (χ0v) is 8.22. The summed E-state index contributed by atoms with van der Waals surface area (Å²) in [5.41, 5.74) is 7.55. The van der Waals surface area contributed by atoms with Crippen LogP contribution in [0.1, 0.15) is 26.2 Å². The normalized spacial score (nSPS) is 9.92. The van der Waals surface area contributed by atoms with Gasteiger partial charge in [-0.25, -0.2) is 0 Å². The molecule has 2 nitrogen and oxygen atoms in total. The summed E-state index contributed by atoms with van der Waals surface area (Å²) >= 11 is 0. The SMILES string of the molecule is CCCCCNc1ccc(N)cc1. The van der Waals surface area contributed by atoms with Crippen LogP contribution in [0.15, 0.2) is 24.3 Å². The van der Waals surface area contributed by atoms with Crippen molar-refractivity contribution in [3.05, 3.63) is 24.3 Å². The molecule has 0 saturated carbocycles. The van der Waals surface area contributed by atoms with E-state index in [9.17, 15) is 0 Å². The molecule has 0 aliphatic carbocycles. The molecular weight excluding hydrogens is 160 g/mol. The zero-order valence-electron chi connectivity index (χ0n) is 8.22. The standard InChI is InChI=1S/C11H18N2/c1-2-3-4-9-13-11-7-5-10(12)6-8-11/h5-8,13H,2-4,9,12H2,1H3. The van der Waals surface area contributed by atoms with Crippen molar-refractivity contribution in [1.29, 1.82) is 0 Å². The molecule has 0 aromatic heterocycles. The Bertz CT molecular complexity index is 228. The average molecular weight is 178 g/mol. The van der Waals surface area contributed by atoms with Gasteiger partial charge in [0.25, 0.3) is 0 Å². The molecule has 1 aromatic carbocycles. The Labute approximate surface area is 80.1 Å². The maximum Gasteiger partial charge on any atom is 0.0341 e. The largest absolute Gasteiger partial charge is 0.399 e. The lowest BCUT2D eigenvalue weighted by molar-refractivity contribution is 0.744. The van der Waals surface area contributed by atoms with Crippen LogP contribution in [0.3, 0.4) is 0 Å². The highest BCUT2D eigenvalue weighted by Crippen LogP contribution is 2.10. The van der Waals surface area contributed by atoms with Crippen LogP contribution < -0.4 is 11.1 Å². The maximum atomic E-state index is 5.58. The monoisotopic (exact) mass is 178 g/mol. The summed E-state index contributed by atoms with van der Waals surface area (Å²) in [5, 5.41) is 3.35. The van der Waals surface area contributed by atoms with Crippen molar-refractivity contribution in [2.24, 2.45) is 0 Å².